The number of aromatic nitrogens is 2. The molecule has 1 aliphatic heterocycles. The van der Waals surface area contributed by atoms with Crippen LogP contribution in [-0.4, -0.2) is 9.78 Å². The van der Waals surface area contributed by atoms with Gasteiger partial charge >= 0.3 is 0 Å². The van der Waals surface area contributed by atoms with Crippen molar-refractivity contribution in [2.75, 3.05) is 0 Å². The van der Waals surface area contributed by atoms with Crippen LogP contribution in [-0.2, 0) is 7.05 Å². The summed E-state index contributed by atoms with van der Waals surface area (Å²) in [5, 5.41) is 4.18. The highest BCUT2D eigenvalue weighted by Gasteiger charge is 2.27. The van der Waals surface area contributed by atoms with Crippen molar-refractivity contribution < 1.29 is 4.74 Å². The second-order valence-corrected chi connectivity index (χ2v) is 4.94. The minimum atomic E-state index is 0.00362. The Morgan fingerprint density at radius 3 is 3.00 bits per heavy atom. The molecule has 2 unspecified atom stereocenters. The lowest BCUT2D eigenvalue weighted by Crippen LogP contribution is -2.24. The van der Waals surface area contributed by atoms with Gasteiger partial charge in [-0.1, -0.05) is 17.7 Å². The Balaban J connectivity index is 1.94. The quantitative estimate of drug-likeness (QED) is 0.835. The van der Waals surface area contributed by atoms with Gasteiger partial charge in [0.1, 0.15) is 11.9 Å². The SMILES string of the molecule is Cc1ccc2c(c1)C(N)CC(c1cnn(C)c1)O2. The summed E-state index contributed by atoms with van der Waals surface area (Å²) >= 11 is 0. The Hall–Kier alpha value is -1.81. The molecule has 1 aliphatic rings. The Morgan fingerprint density at radius 2 is 2.28 bits per heavy atom. The molecule has 18 heavy (non-hydrogen) atoms. The van der Waals surface area contributed by atoms with E-state index >= 15 is 0 Å². The van der Waals surface area contributed by atoms with Gasteiger partial charge in [-0.2, -0.15) is 5.10 Å². The van der Waals surface area contributed by atoms with E-state index < -0.39 is 0 Å². The molecule has 3 rings (SSSR count). The highest BCUT2D eigenvalue weighted by Crippen LogP contribution is 2.39. The zero-order chi connectivity index (χ0) is 12.7. The molecule has 2 heterocycles. The molecule has 2 aromatic rings. The smallest absolute Gasteiger partial charge is 0.129 e. The lowest BCUT2D eigenvalue weighted by atomic mass is 9.94. The van der Waals surface area contributed by atoms with Gasteiger partial charge in [0.25, 0.3) is 0 Å². The van der Waals surface area contributed by atoms with Crippen molar-refractivity contribution >= 4 is 0 Å². The van der Waals surface area contributed by atoms with E-state index in [1.54, 1.807) is 4.68 Å². The number of ether oxygens (including phenoxy) is 1. The molecule has 2 atom stereocenters. The largest absolute Gasteiger partial charge is 0.485 e. The van der Waals surface area contributed by atoms with Crippen molar-refractivity contribution in [3.8, 4) is 5.75 Å². The maximum absolute atomic E-state index is 6.24. The monoisotopic (exact) mass is 243 g/mol. The van der Waals surface area contributed by atoms with Gasteiger partial charge in [-0.3, -0.25) is 4.68 Å². The Kier molecular flexibility index (Phi) is 2.59. The zero-order valence-corrected chi connectivity index (χ0v) is 10.6. The van der Waals surface area contributed by atoms with Gasteiger partial charge in [0.15, 0.2) is 0 Å². The van der Waals surface area contributed by atoms with E-state index in [2.05, 4.69) is 24.2 Å². The first-order valence-corrected chi connectivity index (χ1v) is 6.15. The van der Waals surface area contributed by atoms with Gasteiger partial charge in [-0.05, 0) is 13.0 Å². The summed E-state index contributed by atoms with van der Waals surface area (Å²) in [6, 6.07) is 6.20. The lowest BCUT2D eigenvalue weighted by Gasteiger charge is -2.30. The van der Waals surface area contributed by atoms with Crippen LogP contribution in [0.25, 0.3) is 0 Å². The first-order chi connectivity index (χ1) is 8.63. The van der Waals surface area contributed by atoms with Crippen molar-refractivity contribution in [3.63, 3.8) is 0 Å². The molecule has 0 aliphatic carbocycles. The summed E-state index contributed by atoms with van der Waals surface area (Å²) in [6.07, 6.45) is 4.62. The molecular weight excluding hydrogens is 226 g/mol. The normalized spacial score (nSPS) is 22.4. The van der Waals surface area contributed by atoms with E-state index in [0.717, 1.165) is 23.3 Å². The van der Waals surface area contributed by atoms with E-state index in [-0.39, 0.29) is 12.1 Å². The predicted octanol–water partition coefficient (Wildman–Crippen LogP) is 2.25. The molecule has 94 valence electrons. The summed E-state index contributed by atoms with van der Waals surface area (Å²) in [7, 11) is 1.91. The molecule has 0 fully saturated rings. The van der Waals surface area contributed by atoms with Crippen LogP contribution in [0.2, 0.25) is 0 Å². The number of hydrogen-bond donors (Lipinski definition) is 1. The summed E-state index contributed by atoms with van der Waals surface area (Å²) in [6.45, 7) is 2.07. The summed E-state index contributed by atoms with van der Waals surface area (Å²) < 4.78 is 7.81. The van der Waals surface area contributed by atoms with E-state index in [4.69, 9.17) is 10.5 Å². The van der Waals surface area contributed by atoms with Crippen molar-refractivity contribution in [2.45, 2.75) is 25.5 Å². The maximum Gasteiger partial charge on any atom is 0.129 e. The summed E-state index contributed by atoms with van der Waals surface area (Å²) in [5.74, 6) is 0.896. The van der Waals surface area contributed by atoms with Crippen LogP contribution in [0.3, 0.4) is 0 Å². The van der Waals surface area contributed by atoms with Crippen LogP contribution in [0.15, 0.2) is 30.6 Å². The average molecular weight is 243 g/mol. The third-order valence-corrected chi connectivity index (χ3v) is 3.40. The number of nitrogens with two attached hydrogens (primary N) is 1. The van der Waals surface area contributed by atoms with Crippen molar-refractivity contribution in [1.82, 2.24) is 9.78 Å². The number of aryl methyl sites for hydroxylation is 2. The Morgan fingerprint density at radius 1 is 1.44 bits per heavy atom. The number of nitrogens with zero attached hydrogens (tertiary/aromatic N) is 2. The third-order valence-electron chi connectivity index (χ3n) is 3.40. The minimum absolute atomic E-state index is 0.00362. The van der Waals surface area contributed by atoms with E-state index in [9.17, 15) is 0 Å². The van der Waals surface area contributed by atoms with Crippen LogP contribution >= 0.6 is 0 Å². The maximum atomic E-state index is 6.24. The van der Waals surface area contributed by atoms with Gasteiger partial charge in [0.05, 0.1) is 6.20 Å². The van der Waals surface area contributed by atoms with Crippen LogP contribution in [0.4, 0.5) is 0 Å². The van der Waals surface area contributed by atoms with E-state index in [1.807, 2.05) is 25.5 Å². The molecule has 1 aromatic carbocycles. The Labute approximate surface area is 106 Å². The molecule has 0 amide bonds. The number of rotatable bonds is 1. The molecule has 0 radical (unpaired) electrons. The summed E-state index contributed by atoms with van der Waals surface area (Å²) in [4.78, 5) is 0. The van der Waals surface area contributed by atoms with Crippen LogP contribution in [0.5, 0.6) is 5.75 Å². The molecule has 0 saturated heterocycles. The lowest BCUT2D eigenvalue weighted by molar-refractivity contribution is 0.161. The topological polar surface area (TPSA) is 53.1 Å². The molecule has 0 bridgehead atoms. The molecule has 4 heteroatoms. The van der Waals surface area contributed by atoms with Crippen LogP contribution < -0.4 is 10.5 Å². The predicted molar refractivity (Wildman–Crippen MR) is 69.3 cm³/mol. The second kappa shape index (κ2) is 4.14. The third kappa shape index (κ3) is 1.88. The number of fused-ring (bicyclic) bond motifs is 1. The molecular formula is C14H17N3O. The fraction of sp³-hybridized carbons (Fsp3) is 0.357. The first-order valence-electron chi connectivity index (χ1n) is 6.15. The highest BCUT2D eigenvalue weighted by atomic mass is 16.5. The molecule has 0 saturated carbocycles. The van der Waals surface area contributed by atoms with E-state index in [0.29, 0.717) is 0 Å². The fourth-order valence-corrected chi connectivity index (χ4v) is 2.43. The first kappa shape index (κ1) is 11.3. The standard InChI is InChI=1S/C14H17N3O/c1-9-3-4-13-11(5-9)12(15)6-14(18-13)10-7-16-17(2)8-10/h3-5,7-8,12,14H,6,15H2,1-2H3. The zero-order valence-electron chi connectivity index (χ0n) is 10.6. The van der Waals surface area contributed by atoms with Crippen molar-refractivity contribution in [3.05, 3.63) is 47.3 Å². The van der Waals surface area contributed by atoms with Crippen molar-refractivity contribution in [1.29, 1.82) is 0 Å². The number of benzene rings is 1. The van der Waals surface area contributed by atoms with Crippen molar-refractivity contribution in [2.24, 2.45) is 12.8 Å². The number of hydrogen-bond acceptors (Lipinski definition) is 3. The fourth-order valence-electron chi connectivity index (χ4n) is 2.43. The van der Waals surface area contributed by atoms with Gasteiger partial charge in [0.2, 0.25) is 0 Å². The minimum Gasteiger partial charge on any atom is -0.485 e. The van der Waals surface area contributed by atoms with Crippen LogP contribution in [0, 0.1) is 6.92 Å². The van der Waals surface area contributed by atoms with E-state index in [1.165, 1.54) is 5.56 Å². The molecule has 4 nitrogen and oxygen atoms in total. The molecule has 1 aromatic heterocycles. The summed E-state index contributed by atoms with van der Waals surface area (Å²) in [5.41, 5.74) is 9.65. The second-order valence-electron chi connectivity index (χ2n) is 4.94. The molecule has 0 spiro atoms. The Bertz CT molecular complexity index is 576. The van der Waals surface area contributed by atoms with Gasteiger partial charge in [0, 0.05) is 36.8 Å². The van der Waals surface area contributed by atoms with Crippen LogP contribution in [0.1, 0.15) is 35.3 Å². The molecule has 2 N–H and O–H groups in total. The average Bonchev–Trinajstić information content (AvgIpc) is 2.77. The van der Waals surface area contributed by atoms with Gasteiger partial charge in [-0.25, -0.2) is 0 Å². The van der Waals surface area contributed by atoms with Gasteiger partial charge < -0.3 is 10.5 Å². The highest BCUT2D eigenvalue weighted by molar-refractivity contribution is 5.41. The van der Waals surface area contributed by atoms with Gasteiger partial charge in [-0.15, -0.1) is 0 Å².